The van der Waals surface area contributed by atoms with Crippen LogP contribution in [0.25, 0.3) is 0 Å². The number of hydrogen-bond donors (Lipinski definition) is 1. The lowest BCUT2D eigenvalue weighted by molar-refractivity contribution is -0.126. The SMILES string of the molecule is CN(CCNC(=O)[C@H]1COc2ccccc2C1)Cc1ccccc1. The molecule has 1 aliphatic rings. The van der Waals surface area contributed by atoms with Crippen molar-refractivity contribution in [2.45, 2.75) is 13.0 Å². The maximum atomic E-state index is 12.3. The Morgan fingerprint density at radius 1 is 1.17 bits per heavy atom. The van der Waals surface area contributed by atoms with Crippen molar-refractivity contribution in [3.8, 4) is 5.75 Å². The number of amides is 1. The highest BCUT2D eigenvalue weighted by Crippen LogP contribution is 2.26. The van der Waals surface area contributed by atoms with Gasteiger partial charge in [0.25, 0.3) is 0 Å². The number of fused-ring (bicyclic) bond motifs is 1. The number of likely N-dealkylation sites (N-methyl/N-ethyl adjacent to an activating group) is 1. The van der Waals surface area contributed by atoms with Gasteiger partial charge in [0.1, 0.15) is 12.4 Å². The molecule has 1 atom stereocenters. The molecule has 1 heterocycles. The van der Waals surface area contributed by atoms with Crippen LogP contribution in [-0.4, -0.2) is 37.6 Å². The highest BCUT2D eigenvalue weighted by molar-refractivity contribution is 5.79. The first-order valence-corrected chi connectivity index (χ1v) is 8.43. The second kappa shape index (κ2) is 7.97. The van der Waals surface area contributed by atoms with E-state index in [0.29, 0.717) is 13.2 Å². The topological polar surface area (TPSA) is 41.6 Å². The third kappa shape index (κ3) is 4.36. The number of rotatable bonds is 6. The van der Waals surface area contributed by atoms with Gasteiger partial charge >= 0.3 is 0 Å². The van der Waals surface area contributed by atoms with Crippen molar-refractivity contribution in [1.29, 1.82) is 0 Å². The molecule has 3 rings (SSSR count). The van der Waals surface area contributed by atoms with Gasteiger partial charge in [-0.3, -0.25) is 4.79 Å². The Bertz CT molecular complexity index is 672. The minimum absolute atomic E-state index is 0.0811. The van der Waals surface area contributed by atoms with E-state index >= 15 is 0 Å². The molecule has 2 aromatic rings. The zero-order chi connectivity index (χ0) is 16.8. The summed E-state index contributed by atoms with van der Waals surface area (Å²) >= 11 is 0. The first-order chi connectivity index (χ1) is 11.7. The van der Waals surface area contributed by atoms with Gasteiger partial charge in [-0.05, 0) is 30.7 Å². The summed E-state index contributed by atoms with van der Waals surface area (Å²) in [6.07, 6.45) is 0.752. The second-order valence-corrected chi connectivity index (χ2v) is 6.33. The first kappa shape index (κ1) is 16.5. The van der Waals surface area contributed by atoms with Crippen LogP contribution in [0.15, 0.2) is 54.6 Å². The van der Waals surface area contributed by atoms with Gasteiger partial charge in [-0.25, -0.2) is 0 Å². The number of ether oxygens (including phenoxy) is 1. The van der Waals surface area contributed by atoms with Gasteiger partial charge in [-0.2, -0.15) is 0 Å². The summed E-state index contributed by atoms with van der Waals surface area (Å²) < 4.78 is 5.69. The van der Waals surface area contributed by atoms with Gasteiger partial charge < -0.3 is 15.0 Å². The van der Waals surface area contributed by atoms with Gasteiger partial charge in [-0.15, -0.1) is 0 Å². The van der Waals surface area contributed by atoms with Gasteiger partial charge in [-0.1, -0.05) is 48.5 Å². The molecule has 0 fully saturated rings. The number of benzene rings is 2. The molecule has 4 heteroatoms. The Labute approximate surface area is 143 Å². The third-order valence-electron chi connectivity index (χ3n) is 4.34. The quantitative estimate of drug-likeness (QED) is 0.887. The largest absolute Gasteiger partial charge is 0.492 e. The van der Waals surface area contributed by atoms with Crippen molar-refractivity contribution >= 4 is 5.91 Å². The van der Waals surface area contributed by atoms with Crippen LogP contribution in [0, 0.1) is 5.92 Å². The van der Waals surface area contributed by atoms with Crippen molar-refractivity contribution in [3.63, 3.8) is 0 Å². The molecule has 1 amide bonds. The number of carbonyl (C=O) groups is 1. The molecule has 1 N–H and O–H groups in total. The van der Waals surface area contributed by atoms with Crippen LogP contribution >= 0.6 is 0 Å². The Balaban J connectivity index is 1.41. The van der Waals surface area contributed by atoms with E-state index in [1.807, 2.05) is 42.5 Å². The molecule has 0 radical (unpaired) electrons. The molecule has 0 bridgehead atoms. The van der Waals surface area contributed by atoms with Crippen molar-refractivity contribution in [2.75, 3.05) is 26.7 Å². The molecule has 126 valence electrons. The molecule has 4 nitrogen and oxygen atoms in total. The summed E-state index contributed by atoms with van der Waals surface area (Å²) in [6, 6.07) is 18.3. The highest BCUT2D eigenvalue weighted by atomic mass is 16.5. The number of nitrogens with one attached hydrogen (secondary N) is 1. The summed E-state index contributed by atoms with van der Waals surface area (Å²) in [4.78, 5) is 14.5. The standard InChI is InChI=1S/C20H24N2O2/c1-22(14-16-7-3-2-4-8-16)12-11-21-20(23)18-13-17-9-5-6-10-19(17)24-15-18/h2-10,18H,11-15H2,1H3,(H,21,23)/t18-/m1/s1. The fourth-order valence-electron chi connectivity index (χ4n) is 2.98. The zero-order valence-corrected chi connectivity index (χ0v) is 14.1. The van der Waals surface area contributed by atoms with Crippen LogP contribution in [0.2, 0.25) is 0 Å². The number of para-hydroxylation sites is 1. The van der Waals surface area contributed by atoms with E-state index in [1.165, 1.54) is 5.56 Å². The van der Waals surface area contributed by atoms with Crippen molar-refractivity contribution < 1.29 is 9.53 Å². The third-order valence-corrected chi connectivity index (χ3v) is 4.34. The van der Waals surface area contributed by atoms with Gasteiger partial charge in [0.05, 0.1) is 5.92 Å². The van der Waals surface area contributed by atoms with Crippen molar-refractivity contribution in [1.82, 2.24) is 10.2 Å². The minimum Gasteiger partial charge on any atom is -0.492 e. The number of carbonyl (C=O) groups excluding carboxylic acids is 1. The maximum Gasteiger partial charge on any atom is 0.226 e. The molecule has 0 saturated carbocycles. The average molecular weight is 324 g/mol. The van der Waals surface area contributed by atoms with Crippen LogP contribution < -0.4 is 10.1 Å². The summed E-state index contributed by atoms with van der Waals surface area (Å²) in [5.74, 6) is 0.890. The lowest BCUT2D eigenvalue weighted by Gasteiger charge is -2.25. The van der Waals surface area contributed by atoms with E-state index < -0.39 is 0 Å². The normalized spacial score (nSPS) is 16.3. The van der Waals surface area contributed by atoms with Crippen LogP contribution in [-0.2, 0) is 17.8 Å². The van der Waals surface area contributed by atoms with Crippen LogP contribution in [0.3, 0.4) is 0 Å². The first-order valence-electron chi connectivity index (χ1n) is 8.43. The average Bonchev–Trinajstić information content (AvgIpc) is 2.62. The fourth-order valence-corrected chi connectivity index (χ4v) is 2.98. The lowest BCUT2D eigenvalue weighted by Crippen LogP contribution is -2.40. The van der Waals surface area contributed by atoms with Gasteiger partial charge in [0, 0.05) is 19.6 Å². The summed E-state index contributed by atoms with van der Waals surface area (Å²) in [5.41, 5.74) is 2.40. The van der Waals surface area contributed by atoms with Gasteiger partial charge in [0.15, 0.2) is 0 Å². The molecular formula is C20H24N2O2. The lowest BCUT2D eigenvalue weighted by atomic mass is 9.96. The van der Waals surface area contributed by atoms with E-state index in [4.69, 9.17) is 4.74 Å². The summed E-state index contributed by atoms with van der Waals surface area (Å²) in [7, 11) is 2.07. The van der Waals surface area contributed by atoms with E-state index in [2.05, 4.69) is 29.4 Å². The van der Waals surface area contributed by atoms with E-state index in [9.17, 15) is 4.79 Å². The zero-order valence-electron chi connectivity index (χ0n) is 14.1. The van der Waals surface area contributed by atoms with E-state index in [1.54, 1.807) is 0 Å². The monoisotopic (exact) mass is 324 g/mol. The maximum absolute atomic E-state index is 12.3. The predicted molar refractivity (Wildman–Crippen MR) is 94.9 cm³/mol. The highest BCUT2D eigenvalue weighted by Gasteiger charge is 2.25. The fraction of sp³-hybridized carbons (Fsp3) is 0.350. The molecule has 0 unspecified atom stereocenters. The molecule has 0 spiro atoms. The molecule has 0 aliphatic carbocycles. The van der Waals surface area contributed by atoms with Crippen LogP contribution in [0.5, 0.6) is 5.75 Å². The molecule has 1 aliphatic heterocycles. The molecule has 2 aromatic carbocycles. The Hall–Kier alpha value is -2.33. The van der Waals surface area contributed by atoms with Crippen molar-refractivity contribution in [3.05, 3.63) is 65.7 Å². The summed E-state index contributed by atoms with van der Waals surface area (Å²) in [5, 5.41) is 3.04. The van der Waals surface area contributed by atoms with Crippen LogP contribution in [0.4, 0.5) is 0 Å². The number of hydrogen-bond acceptors (Lipinski definition) is 3. The summed E-state index contributed by atoms with van der Waals surface area (Å²) in [6.45, 7) is 2.82. The Morgan fingerprint density at radius 3 is 2.75 bits per heavy atom. The predicted octanol–water partition coefficient (Wildman–Crippen LogP) is 2.49. The second-order valence-electron chi connectivity index (χ2n) is 6.33. The molecule has 0 aromatic heterocycles. The Morgan fingerprint density at radius 2 is 1.92 bits per heavy atom. The Kier molecular flexibility index (Phi) is 5.49. The molecular weight excluding hydrogens is 300 g/mol. The smallest absolute Gasteiger partial charge is 0.226 e. The molecule has 0 saturated heterocycles. The van der Waals surface area contributed by atoms with E-state index in [0.717, 1.165) is 30.8 Å². The minimum atomic E-state index is -0.0978. The number of nitrogens with zero attached hydrogens (tertiary/aromatic N) is 1. The van der Waals surface area contributed by atoms with Gasteiger partial charge in [0.2, 0.25) is 5.91 Å². The van der Waals surface area contributed by atoms with Crippen LogP contribution in [0.1, 0.15) is 11.1 Å². The molecule has 24 heavy (non-hydrogen) atoms. The van der Waals surface area contributed by atoms with E-state index in [-0.39, 0.29) is 11.8 Å². The van der Waals surface area contributed by atoms with Crippen molar-refractivity contribution in [2.24, 2.45) is 5.92 Å².